The van der Waals surface area contributed by atoms with Crippen LogP contribution in [0.5, 0.6) is 0 Å². The highest BCUT2D eigenvalue weighted by Gasteiger charge is 1.94. The molecule has 0 spiro atoms. The van der Waals surface area contributed by atoms with E-state index in [4.69, 9.17) is 6.42 Å². The molecule has 1 aromatic rings. The first kappa shape index (κ1) is 7.42. The second-order valence-electron chi connectivity index (χ2n) is 2.05. The van der Waals surface area contributed by atoms with Gasteiger partial charge in [0, 0.05) is 18.9 Å². The zero-order chi connectivity index (χ0) is 8.10. The van der Waals surface area contributed by atoms with Gasteiger partial charge in [0.2, 0.25) is 0 Å². The molecule has 2 N–H and O–H groups in total. The SMILES string of the molecule is C#CC(=O)NCc1cc[nH]c1. The Kier molecular flexibility index (Phi) is 2.34. The quantitative estimate of drug-likeness (QED) is 0.581. The Morgan fingerprint density at radius 2 is 2.64 bits per heavy atom. The first-order chi connectivity index (χ1) is 5.33. The minimum Gasteiger partial charge on any atom is -0.367 e. The third-order valence-corrected chi connectivity index (χ3v) is 1.25. The Balaban J connectivity index is 2.36. The van der Waals surface area contributed by atoms with Crippen LogP contribution in [-0.2, 0) is 11.3 Å². The maximum atomic E-state index is 10.5. The summed E-state index contributed by atoms with van der Waals surface area (Å²) in [5.74, 6) is 1.58. The maximum absolute atomic E-state index is 10.5. The van der Waals surface area contributed by atoms with Gasteiger partial charge in [-0.2, -0.15) is 0 Å². The molecule has 1 aromatic heterocycles. The van der Waals surface area contributed by atoms with Crippen LogP contribution in [0.2, 0.25) is 0 Å². The molecule has 11 heavy (non-hydrogen) atoms. The first-order valence-electron chi connectivity index (χ1n) is 3.19. The predicted molar refractivity (Wildman–Crippen MR) is 41.5 cm³/mol. The summed E-state index contributed by atoms with van der Waals surface area (Å²) in [7, 11) is 0. The van der Waals surface area contributed by atoms with Crippen molar-refractivity contribution >= 4 is 5.91 Å². The van der Waals surface area contributed by atoms with E-state index in [0.717, 1.165) is 5.56 Å². The van der Waals surface area contributed by atoms with Crippen LogP contribution in [-0.4, -0.2) is 10.9 Å². The lowest BCUT2D eigenvalue weighted by Gasteiger charge is -1.95. The van der Waals surface area contributed by atoms with E-state index in [1.807, 2.05) is 12.0 Å². The van der Waals surface area contributed by atoms with Crippen LogP contribution in [0, 0.1) is 12.3 Å². The molecule has 0 aliphatic rings. The number of rotatable bonds is 2. The average molecular weight is 148 g/mol. The van der Waals surface area contributed by atoms with Gasteiger partial charge in [0.25, 0.3) is 5.91 Å². The number of hydrogen-bond acceptors (Lipinski definition) is 1. The van der Waals surface area contributed by atoms with Crippen LogP contribution in [0.3, 0.4) is 0 Å². The van der Waals surface area contributed by atoms with E-state index < -0.39 is 0 Å². The molecule has 3 nitrogen and oxygen atoms in total. The molecular formula is C8H8N2O. The topological polar surface area (TPSA) is 44.9 Å². The van der Waals surface area contributed by atoms with Crippen molar-refractivity contribution in [2.45, 2.75) is 6.54 Å². The van der Waals surface area contributed by atoms with Gasteiger partial charge in [-0.05, 0) is 17.6 Å². The molecular weight excluding hydrogens is 140 g/mol. The minimum atomic E-state index is -0.383. The normalized spacial score (nSPS) is 8.64. The molecule has 0 radical (unpaired) electrons. The number of nitrogens with one attached hydrogen (secondary N) is 2. The van der Waals surface area contributed by atoms with E-state index in [-0.39, 0.29) is 5.91 Å². The predicted octanol–water partition coefficient (Wildman–Crippen LogP) is 0.264. The van der Waals surface area contributed by atoms with Crippen LogP contribution in [0.4, 0.5) is 0 Å². The number of aromatic amines is 1. The molecule has 0 atom stereocenters. The van der Waals surface area contributed by atoms with Gasteiger partial charge in [-0.15, -0.1) is 6.42 Å². The number of hydrogen-bond donors (Lipinski definition) is 2. The molecule has 0 saturated heterocycles. The summed E-state index contributed by atoms with van der Waals surface area (Å²) in [6.45, 7) is 0.479. The monoisotopic (exact) mass is 148 g/mol. The second kappa shape index (κ2) is 3.47. The van der Waals surface area contributed by atoms with E-state index in [9.17, 15) is 4.79 Å². The summed E-state index contributed by atoms with van der Waals surface area (Å²) in [5.41, 5.74) is 1.01. The number of aromatic nitrogens is 1. The van der Waals surface area contributed by atoms with E-state index in [0.29, 0.717) is 6.54 Å². The maximum Gasteiger partial charge on any atom is 0.295 e. The summed E-state index contributed by atoms with van der Waals surface area (Å²) < 4.78 is 0. The van der Waals surface area contributed by atoms with Crippen molar-refractivity contribution in [3.8, 4) is 12.3 Å². The fourth-order valence-corrected chi connectivity index (χ4v) is 0.702. The van der Waals surface area contributed by atoms with Gasteiger partial charge in [0.05, 0.1) is 0 Å². The van der Waals surface area contributed by atoms with Gasteiger partial charge in [-0.1, -0.05) is 0 Å². The van der Waals surface area contributed by atoms with Gasteiger partial charge in [-0.25, -0.2) is 0 Å². The summed E-state index contributed by atoms with van der Waals surface area (Å²) in [5, 5.41) is 2.54. The molecule has 56 valence electrons. The summed E-state index contributed by atoms with van der Waals surface area (Å²) >= 11 is 0. The van der Waals surface area contributed by atoms with Crippen LogP contribution >= 0.6 is 0 Å². The molecule has 0 aliphatic heterocycles. The number of carbonyl (C=O) groups excluding carboxylic acids is 1. The lowest BCUT2D eigenvalue weighted by atomic mass is 10.3. The summed E-state index contributed by atoms with van der Waals surface area (Å²) in [6.07, 6.45) is 8.43. The third-order valence-electron chi connectivity index (χ3n) is 1.25. The molecule has 0 saturated carbocycles. The molecule has 1 heterocycles. The lowest BCUT2D eigenvalue weighted by molar-refractivity contribution is -0.115. The van der Waals surface area contributed by atoms with Crippen LogP contribution in [0.1, 0.15) is 5.56 Å². The smallest absolute Gasteiger partial charge is 0.295 e. The Morgan fingerprint density at radius 1 is 1.82 bits per heavy atom. The molecule has 1 amide bonds. The highest BCUT2D eigenvalue weighted by molar-refractivity contribution is 5.92. The Hall–Kier alpha value is -1.69. The zero-order valence-electron chi connectivity index (χ0n) is 5.92. The number of carbonyl (C=O) groups is 1. The van der Waals surface area contributed by atoms with Crippen molar-refractivity contribution in [1.82, 2.24) is 10.3 Å². The van der Waals surface area contributed by atoms with Crippen molar-refractivity contribution < 1.29 is 4.79 Å². The standard InChI is InChI=1S/C8H8N2O/c1-2-8(11)10-6-7-3-4-9-5-7/h1,3-5,9H,6H2,(H,10,11). The van der Waals surface area contributed by atoms with Gasteiger partial charge in [-0.3, -0.25) is 4.79 Å². The van der Waals surface area contributed by atoms with E-state index in [2.05, 4.69) is 10.3 Å². The molecule has 0 bridgehead atoms. The average Bonchev–Trinajstić information content (AvgIpc) is 2.52. The molecule has 3 heteroatoms. The minimum absolute atomic E-state index is 0.383. The summed E-state index contributed by atoms with van der Waals surface area (Å²) in [4.78, 5) is 13.4. The van der Waals surface area contributed by atoms with Crippen LogP contribution in [0.15, 0.2) is 18.5 Å². The highest BCUT2D eigenvalue weighted by Crippen LogP contribution is 1.93. The van der Waals surface area contributed by atoms with Crippen LogP contribution < -0.4 is 5.32 Å². The fraction of sp³-hybridized carbons (Fsp3) is 0.125. The molecule has 0 unspecified atom stereocenters. The van der Waals surface area contributed by atoms with Crippen molar-refractivity contribution in [3.63, 3.8) is 0 Å². The second-order valence-corrected chi connectivity index (χ2v) is 2.05. The largest absolute Gasteiger partial charge is 0.367 e. The molecule has 1 rings (SSSR count). The van der Waals surface area contributed by atoms with E-state index >= 15 is 0 Å². The lowest BCUT2D eigenvalue weighted by Crippen LogP contribution is -2.20. The van der Waals surface area contributed by atoms with Gasteiger partial charge in [0.15, 0.2) is 0 Å². The summed E-state index contributed by atoms with van der Waals surface area (Å²) in [6, 6.07) is 1.87. The Morgan fingerprint density at radius 3 is 3.18 bits per heavy atom. The highest BCUT2D eigenvalue weighted by atomic mass is 16.1. The number of terminal acetylenes is 1. The van der Waals surface area contributed by atoms with Crippen molar-refractivity contribution in [2.24, 2.45) is 0 Å². The van der Waals surface area contributed by atoms with Gasteiger partial charge >= 0.3 is 0 Å². The molecule has 0 fully saturated rings. The number of amides is 1. The fourth-order valence-electron chi connectivity index (χ4n) is 0.702. The van der Waals surface area contributed by atoms with E-state index in [1.165, 1.54) is 0 Å². The van der Waals surface area contributed by atoms with E-state index in [1.54, 1.807) is 12.4 Å². The zero-order valence-corrected chi connectivity index (χ0v) is 5.92. The molecule has 0 aliphatic carbocycles. The Bertz CT molecular complexity index is 269. The van der Waals surface area contributed by atoms with Crippen LogP contribution in [0.25, 0.3) is 0 Å². The molecule has 0 aromatic carbocycles. The first-order valence-corrected chi connectivity index (χ1v) is 3.19. The Labute approximate surface area is 64.8 Å². The van der Waals surface area contributed by atoms with Crippen molar-refractivity contribution in [2.75, 3.05) is 0 Å². The van der Waals surface area contributed by atoms with Crippen molar-refractivity contribution in [3.05, 3.63) is 24.0 Å². The van der Waals surface area contributed by atoms with Gasteiger partial charge < -0.3 is 10.3 Å². The third kappa shape index (κ3) is 2.18. The van der Waals surface area contributed by atoms with Gasteiger partial charge in [0.1, 0.15) is 0 Å². The number of H-pyrrole nitrogens is 1. The van der Waals surface area contributed by atoms with Crippen molar-refractivity contribution in [1.29, 1.82) is 0 Å².